The number of amides is 1. The molecule has 1 amide bonds. The first-order chi connectivity index (χ1) is 23.4. The van der Waals surface area contributed by atoms with Gasteiger partial charge in [0.05, 0.1) is 29.8 Å². The molecule has 3 fully saturated rings. The zero-order chi connectivity index (χ0) is 34.2. The molecule has 0 spiro atoms. The van der Waals surface area contributed by atoms with Gasteiger partial charge in [0.2, 0.25) is 0 Å². The number of hydrogen-bond donors (Lipinski definition) is 3. The Labute approximate surface area is 283 Å². The summed E-state index contributed by atoms with van der Waals surface area (Å²) in [5.41, 5.74) is 5.78. The number of nitrogens with zero attached hydrogens (tertiary/aromatic N) is 4. The van der Waals surface area contributed by atoms with Crippen molar-refractivity contribution in [2.45, 2.75) is 88.8 Å². The number of carboxylic acid groups (broad SMARTS) is 1. The van der Waals surface area contributed by atoms with Crippen molar-refractivity contribution in [3.63, 3.8) is 0 Å². The van der Waals surface area contributed by atoms with Gasteiger partial charge in [0.1, 0.15) is 23.2 Å². The van der Waals surface area contributed by atoms with Crippen LogP contribution < -0.4 is 0 Å². The molecule has 4 aromatic rings. The third-order valence-electron chi connectivity index (χ3n) is 11.2. The molecule has 4 unspecified atom stereocenters. The molecule has 12 nitrogen and oxygen atoms in total. The van der Waals surface area contributed by atoms with Gasteiger partial charge in [0.15, 0.2) is 0 Å². The number of ether oxygens (including phenoxy) is 1. The lowest BCUT2D eigenvalue weighted by atomic mass is 9.72. The van der Waals surface area contributed by atoms with Crippen molar-refractivity contribution in [1.82, 2.24) is 24.8 Å². The van der Waals surface area contributed by atoms with E-state index in [9.17, 15) is 24.8 Å². The van der Waals surface area contributed by atoms with Gasteiger partial charge in [-0.15, -0.1) is 0 Å². The Balaban J connectivity index is 1.02. The first-order valence-corrected chi connectivity index (χ1v) is 17.2. The second-order valence-corrected chi connectivity index (χ2v) is 15.1. The standard InChI is InChI=1S/C37H40N6O6/c1-36(2,3)49-35(46)42-14-4-5-30(42)32-38-18-28(40-32)22-9-12-26-20(15-22)6-7-21-16-23(10-13-27(21)26)29-19-39-33(41-29)31-24-8-11-25(17-24)37(31,34(44)45)43(47)48/h9-10,12-13,15-16,18-19,24-25,30-31H,4-8,11,14,17H2,1-3H3,(H,38,40)(H,39,41)(H,44,45)/t24?,25?,30-,31?,37?/m0/s1. The van der Waals surface area contributed by atoms with Gasteiger partial charge in [-0.1, -0.05) is 24.3 Å². The van der Waals surface area contributed by atoms with Crippen molar-refractivity contribution in [3.05, 3.63) is 81.7 Å². The molecule has 254 valence electrons. The van der Waals surface area contributed by atoms with Crippen LogP contribution in [-0.2, 0) is 22.4 Å². The maximum absolute atomic E-state index is 12.8. The molecule has 3 aliphatic carbocycles. The maximum atomic E-state index is 12.8. The van der Waals surface area contributed by atoms with Crippen LogP contribution in [0.25, 0.3) is 33.6 Å². The highest BCUT2D eigenvalue weighted by Gasteiger charge is 2.73. The normalized spacial score (nSPS) is 25.7. The Kier molecular flexibility index (Phi) is 7.20. The molecule has 4 aliphatic rings. The zero-order valence-corrected chi connectivity index (χ0v) is 27.9. The summed E-state index contributed by atoms with van der Waals surface area (Å²) >= 11 is 0. The summed E-state index contributed by atoms with van der Waals surface area (Å²) in [6.07, 6.45) is 8.53. The summed E-state index contributed by atoms with van der Waals surface area (Å²) < 4.78 is 5.64. The number of nitro groups is 1. The lowest BCUT2D eigenvalue weighted by molar-refractivity contribution is -0.568. The predicted octanol–water partition coefficient (Wildman–Crippen LogP) is 6.92. The van der Waals surface area contributed by atoms with Crippen LogP contribution in [-0.4, -0.2) is 64.6 Å². The summed E-state index contributed by atoms with van der Waals surface area (Å²) in [6, 6.07) is 12.6. The van der Waals surface area contributed by atoms with Gasteiger partial charge in [-0.2, -0.15) is 0 Å². The fourth-order valence-corrected chi connectivity index (χ4v) is 9.03. The molecule has 0 radical (unpaired) electrons. The lowest BCUT2D eigenvalue weighted by Crippen LogP contribution is -2.55. The monoisotopic (exact) mass is 664 g/mol. The number of likely N-dealkylation sites (tertiary alicyclic amines) is 1. The molecule has 8 rings (SSSR count). The molecule has 1 saturated heterocycles. The Morgan fingerprint density at radius 1 is 0.959 bits per heavy atom. The van der Waals surface area contributed by atoms with E-state index in [0.29, 0.717) is 25.2 Å². The van der Waals surface area contributed by atoms with Crippen molar-refractivity contribution in [3.8, 4) is 33.6 Å². The van der Waals surface area contributed by atoms with Crippen LogP contribution in [0, 0.1) is 22.0 Å². The highest BCUT2D eigenvalue weighted by molar-refractivity contribution is 5.81. The highest BCUT2D eigenvalue weighted by atomic mass is 16.6. The van der Waals surface area contributed by atoms with Crippen molar-refractivity contribution >= 4 is 12.1 Å². The number of benzene rings is 2. The number of hydrogen-bond acceptors (Lipinski definition) is 7. The van der Waals surface area contributed by atoms with Gasteiger partial charge in [-0.25, -0.2) is 19.6 Å². The Morgan fingerprint density at radius 2 is 1.57 bits per heavy atom. The molecule has 3 heterocycles. The van der Waals surface area contributed by atoms with Gasteiger partial charge in [0.25, 0.3) is 0 Å². The molecular formula is C37H40N6O6. The van der Waals surface area contributed by atoms with Crippen LogP contribution in [0.4, 0.5) is 4.79 Å². The van der Waals surface area contributed by atoms with E-state index in [0.717, 1.165) is 66.0 Å². The fourth-order valence-electron chi connectivity index (χ4n) is 9.03. The number of fused-ring (bicyclic) bond motifs is 5. The number of aryl methyl sites for hydroxylation is 2. The van der Waals surface area contributed by atoms with Gasteiger partial charge < -0.3 is 19.8 Å². The Bertz CT molecular complexity index is 1980. The second-order valence-electron chi connectivity index (χ2n) is 15.1. The minimum absolute atomic E-state index is 0.0709. The minimum atomic E-state index is -2.04. The van der Waals surface area contributed by atoms with E-state index in [1.807, 2.05) is 33.0 Å². The van der Waals surface area contributed by atoms with Crippen LogP contribution in [0.2, 0.25) is 0 Å². The number of aromatic amines is 2. The van der Waals surface area contributed by atoms with E-state index in [2.05, 4.69) is 50.3 Å². The number of carboxylic acids is 1. The lowest BCUT2D eigenvalue weighted by Gasteiger charge is -2.31. The summed E-state index contributed by atoms with van der Waals surface area (Å²) in [4.78, 5) is 54.7. The van der Waals surface area contributed by atoms with Gasteiger partial charge in [0, 0.05) is 17.4 Å². The SMILES string of the molecule is CC(C)(C)OC(=O)N1CCC[C@H]1c1ncc(-c2ccc3c(c2)CCc2cc(-c4cnc(C5C6CCC(C6)C5(C(=O)O)[N+](=O)[O-])[nH]4)ccc2-3)[nH]1. The fraction of sp³-hybridized carbons (Fsp3) is 0.459. The first-order valence-electron chi connectivity index (χ1n) is 17.2. The molecule has 5 atom stereocenters. The molecule has 2 aromatic heterocycles. The minimum Gasteiger partial charge on any atom is -0.476 e. The van der Waals surface area contributed by atoms with Crippen LogP contribution >= 0.6 is 0 Å². The molecule has 49 heavy (non-hydrogen) atoms. The number of rotatable bonds is 6. The number of nitrogens with one attached hydrogen (secondary N) is 2. The summed E-state index contributed by atoms with van der Waals surface area (Å²) in [7, 11) is 0. The Morgan fingerprint density at radius 3 is 2.16 bits per heavy atom. The third-order valence-corrected chi connectivity index (χ3v) is 11.2. The van der Waals surface area contributed by atoms with E-state index >= 15 is 0 Å². The number of aliphatic carboxylic acids is 1. The topological polar surface area (TPSA) is 167 Å². The zero-order valence-electron chi connectivity index (χ0n) is 27.9. The quantitative estimate of drug-likeness (QED) is 0.148. The van der Waals surface area contributed by atoms with Crippen LogP contribution in [0.15, 0.2) is 48.8 Å². The third kappa shape index (κ3) is 5.02. The number of H-pyrrole nitrogens is 2. The molecule has 2 bridgehead atoms. The van der Waals surface area contributed by atoms with Gasteiger partial charge >= 0.3 is 17.6 Å². The average molecular weight is 665 g/mol. The molecule has 2 saturated carbocycles. The number of aromatic nitrogens is 4. The number of carbonyl (C=O) groups is 2. The molecule has 2 aromatic carbocycles. The van der Waals surface area contributed by atoms with Crippen LogP contribution in [0.1, 0.15) is 87.6 Å². The van der Waals surface area contributed by atoms with E-state index in [4.69, 9.17) is 4.74 Å². The van der Waals surface area contributed by atoms with Crippen molar-refractivity contribution in [2.24, 2.45) is 11.8 Å². The van der Waals surface area contributed by atoms with Crippen molar-refractivity contribution < 1.29 is 24.4 Å². The van der Waals surface area contributed by atoms with Crippen molar-refractivity contribution in [2.75, 3.05) is 6.54 Å². The Hall–Kier alpha value is -5.00. The number of carbonyl (C=O) groups excluding carboxylic acids is 1. The average Bonchev–Trinajstić information content (AvgIpc) is 3.90. The van der Waals surface area contributed by atoms with Crippen molar-refractivity contribution in [1.29, 1.82) is 0 Å². The van der Waals surface area contributed by atoms with Crippen LogP contribution in [0.3, 0.4) is 0 Å². The molecular weight excluding hydrogens is 624 g/mol. The molecule has 1 aliphatic heterocycles. The largest absolute Gasteiger partial charge is 0.476 e. The molecule has 3 N–H and O–H groups in total. The molecule has 12 heteroatoms. The van der Waals surface area contributed by atoms with E-state index < -0.39 is 33.9 Å². The van der Waals surface area contributed by atoms with E-state index in [-0.39, 0.29) is 18.1 Å². The maximum Gasteiger partial charge on any atom is 0.410 e. The van der Waals surface area contributed by atoms with Gasteiger partial charge in [-0.3, -0.25) is 15.0 Å². The second kappa shape index (κ2) is 11.3. The smallest absolute Gasteiger partial charge is 0.410 e. The van der Waals surface area contributed by atoms with Gasteiger partial charge in [-0.05, 0) is 117 Å². The predicted molar refractivity (Wildman–Crippen MR) is 180 cm³/mol. The summed E-state index contributed by atoms with van der Waals surface area (Å²) in [6.45, 7) is 6.26. The van der Waals surface area contributed by atoms with Crippen LogP contribution in [0.5, 0.6) is 0 Å². The highest BCUT2D eigenvalue weighted by Crippen LogP contribution is 2.60. The first kappa shape index (κ1) is 31.3. The van der Waals surface area contributed by atoms with E-state index in [1.54, 1.807) is 11.1 Å². The number of imidazole rings is 2. The van der Waals surface area contributed by atoms with E-state index in [1.165, 1.54) is 16.7 Å². The summed E-state index contributed by atoms with van der Waals surface area (Å²) in [5.74, 6) is -1.54. The summed E-state index contributed by atoms with van der Waals surface area (Å²) in [5, 5.41) is 22.4.